The summed E-state index contributed by atoms with van der Waals surface area (Å²) in [5, 5.41) is 7.43. The summed E-state index contributed by atoms with van der Waals surface area (Å²) >= 11 is 8.61. The maximum absolute atomic E-state index is 8.62. The molecule has 0 bridgehead atoms. The van der Waals surface area contributed by atoms with Gasteiger partial charge in [-0.2, -0.15) is 25.3 Å². The molecule has 0 N–H and O–H groups in total. The molecule has 0 aromatic heterocycles. The van der Waals surface area contributed by atoms with Gasteiger partial charge in [0, 0.05) is 22.9 Å². The number of benzene rings is 1. The van der Waals surface area contributed by atoms with Crippen molar-refractivity contribution in [1.29, 1.82) is 0 Å². The molecule has 0 fully saturated rings. The summed E-state index contributed by atoms with van der Waals surface area (Å²) in [4.78, 5) is 5.77. The number of hydrogen-bond donors (Lipinski definition) is 2. The van der Waals surface area contributed by atoms with Crippen LogP contribution in [0.1, 0.15) is 73.6 Å². The molecule has 0 aliphatic heterocycles. The molecule has 0 radical (unpaired) electrons. The van der Waals surface area contributed by atoms with Gasteiger partial charge in [0.15, 0.2) is 0 Å². The number of nitrogens with zero attached hydrogens (tertiary/aromatic N) is 6. The number of thiol groups is 2. The molecule has 0 heterocycles. The first-order valence-corrected chi connectivity index (χ1v) is 12.4. The molecule has 0 aliphatic rings. The second-order valence-corrected chi connectivity index (χ2v) is 8.47. The van der Waals surface area contributed by atoms with Crippen molar-refractivity contribution in [2.45, 2.75) is 77.0 Å². The third-order valence-corrected chi connectivity index (χ3v) is 5.95. The normalized spacial score (nSPS) is 10.5. The van der Waals surface area contributed by atoms with E-state index < -0.39 is 0 Å². The van der Waals surface area contributed by atoms with E-state index in [-0.39, 0.29) is 0 Å². The summed E-state index contributed by atoms with van der Waals surface area (Å²) in [6, 6.07) is 4.64. The van der Waals surface area contributed by atoms with Gasteiger partial charge in [-0.15, -0.1) is 0 Å². The molecule has 0 aliphatic carbocycles. The van der Waals surface area contributed by atoms with E-state index in [4.69, 9.17) is 11.1 Å². The van der Waals surface area contributed by atoms with Crippen molar-refractivity contribution in [3.05, 3.63) is 55.3 Å². The molecular formula is C22H36N6S2. The second-order valence-electron chi connectivity index (χ2n) is 7.57. The number of azide groups is 2. The zero-order valence-electron chi connectivity index (χ0n) is 18.0. The third-order valence-electron chi connectivity index (χ3n) is 5.32. The quantitative estimate of drug-likeness (QED) is 0.0766. The molecule has 1 rings (SSSR count). The highest BCUT2D eigenvalue weighted by molar-refractivity contribution is 7.80. The van der Waals surface area contributed by atoms with Crippen LogP contribution in [-0.4, -0.2) is 24.6 Å². The van der Waals surface area contributed by atoms with E-state index in [0.29, 0.717) is 13.1 Å². The Morgan fingerprint density at radius 2 is 0.933 bits per heavy atom. The second kappa shape index (κ2) is 18.3. The first kappa shape index (κ1) is 26.6. The van der Waals surface area contributed by atoms with E-state index in [9.17, 15) is 0 Å². The van der Waals surface area contributed by atoms with Crippen molar-refractivity contribution < 1.29 is 0 Å². The van der Waals surface area contributed by atoms with E-state index in [0.717, 1.165) is 37.2 Å². The zero-order chi connectivity index (χ0) is 21.9. The predicted molar refractivity (Wildman–Crippen MR) is 134 cm³/mol. The van der Waals surface area contributed by atoms with Gasteiger partial charge in [-0.1, -0.05) is 48.0 Å². The lowest BCUT2D eigenvalue weighted by atomic mass is 9.90. The van der Waals surface area contributed by atoms with Crippen LogP contribution in [0.3, 0.4) is 0 Å². The summed E-state index contributed by atoms with van der Waals surface area (Å²) in [7, 11) is 0. The SMILES string of the molecule is [N-]=[N+]=NCCc1cc(CCCCCCS)c(CCCCCCS)cc1CCN=[N+]=[N-]. The van der Waals surface area contributed by atoms with E-state index in [1.807, 2.05) is 0 Å². The van der Waals surface area contributed by atoms with E-state index >= 15 is 0 Å². The van der Waals surface area contributed by atoms with Gasteiger partial charge in [0.25, 0.3) is 0 Å². The van der Waals surface area contributed by atoms with Crippen molar-refractivity contribution in [2.24, 2.45) is 10.2 Å². The van der Waals surface area contributed by atoms with Crippen molar-refractivity contribution in [2.75, 3.05) is 24.6 Å². The van der Waals surface area contributed by atoms with Crippen LogP contribution in [0.4, 0.5) is 0 Å². The fraction of sp³-hybridized carbons (Fsp3) is 0.727. The Balaban J connectivity index is 2.98. The van der Waals surface area contributed by atoms with Gasteiger partial charge in [0.05, 0.1) is 0 Å². The van der Waals surface area contributed by atoms with Crippen LogP contribution < -0.4 is 0 Å². The topological polar surface area (TPSA) is 97.5 Å². The van der Waals surface area contributed by atoms with Gasteiger partial charge < -0.3 is 0 Å². The average Bonchev–Trinajstić information content (AvgIpc) is 2.75. The Morgan fingerprint density at radius 3 is 1.30 bits per heavy atom. The maximum Gasteiger partial charge on any atom is 0.0298 e. The summed E-state index contributed by atoms with van der Waals surface area (Å²) in [5.41, 5.74) is 22.6. The third kappa shape index (κ3) is 11.7. The largest absolute Gasteiger partial charge is 0.179 e. The van der Waals surface area contributed by atoms with Crippen LogP contribution in [0.15, 0.2) is 22.4 Å². The first-order valence-electron chi connectivity index (χ1n) is 11.1. The Morgan fingerprint density at radius 1 is 0.567 bits per heavy atom. The van der Waals surface area contributed by atoms with Gasteiger partial charge in [-0.3, -0.25) is 0 Å². The minimum Gasteiger partial charge on any atom is -0.179 e. The number of hydrogen-bond acceptors (Lipinski definition) is 4. The standard InChI is InChI=1S/C22H36N6S2/c23-27-25-13-11-21-17-19(9-5-1-3-7-15-29)20(10-6-2-4-8-16-30)18-22(21)12-14-26-28-24/h17-18,29-30H,1-16H2. The molecule has 166 valence electrons. The lowest BCUT2D eigenvalue weighted by Crippen LogP contribution is -2.05. The molecule has 0 saturated carbocycles. The molecule has 6 nitrogen and oxygen atoms in total. The van der Waals surface area contributed by atoms with Crippen LogP contribution in [0.25, 0.3) is 20.9 Å². The minimum absolute atomic E-state index is 0.454. The van der Waals surface area contributed by atoms with Crippen LogP contribution in [0.5, 0.6) is 0 Å². The van der Waals surface area contributed by atoms with Gasteiger partial charge in [-0.25, -0.2) is 0 Å². The van der Waals surface area contributed by atoms with Crippen LogP contribution in [-0.2, 0) is 25.7 Å². The van der Waals surface area contributed by atoms with Crippen molar-refractivity contribution >= 4 is 25.3 Å². The molecule has 8 heteroatoms. The van der Waals surface area contributed by atoms with E-state index in [2.05, 4.69) is 57.4 Å². The van der Waals surface area contributed by atoms with Gasteiger partial charge in [0.1, 0.15) is 0 Å². The molecule has 0 spiro atoms. The number of aryl methyl sites for hydroxylation is 2. The summed E-state index contributed by atoms with van der Waals surface area (Å²) in [6.07, 6.45) is 13.3. The summed E-state index contributed by atoms with van der Waals surface area (Å²) in [5.74, 6) is 1.92. The molecule has 0 unspecified atom stereocenters. The van der Waals surface area contributed by atoms with Crippen molar-refractivity contribution in [3.63, 3.8) is 0 Å². The fourth-order valence-corrected chi connectivity index (χ4v) is 4.16. The highest BCUT2D eigenvalue weighted by atomic mass is 32.1. The highest BCUT2D eigenvalue weighted by Gasteiger charge is 2.10. The van der Waals surface area contributed by atoms with Crippen LogP contribution in [0, 0.1) is 0 Å². The smallest absolute Gasteiger partial charge is 0.0298 e. The van der Waals surface area contributed by atoms with Crippen molar-refractivity contribution in [3.8, 4) is 0 Å². The van der Waals surface area contributed by atoms with Crippen LogP contribution >= 0.6 is 25.3 Å². The Kier molecular flexibility index (Phi) is 16.2. The van der Waals surface area contributed by atoms with Crippen LogP contribution in [0.2, 0.25) is 0 Å². The average molecular weight is 449 g/mol. The number of rotatable bonds is 18. The molecule has 1 aromatic rings. The van der Waals surface area contributed by atoms with Gasteiger partial charge in [-0.05, 0) is 96.2 Å². The molecule has 30 heavy (non-hydrogen) atoms. The van der Waals surface area contributed by atoms with E-state index in [1.54, 1.807) is 0 Å². The van der Waals surface area contributed by atoms with Crippen molar-refractivity contribution in [1.82, 2.24) is 0 Å². The van der Waals surface area contributed by atoms with Gasteiger partial charge >= 0.3 is 0 Å². The fourth-order valence-electron chi connectivity index (χ4n) is 3.71. The maximum atomic E-state index is 8.62. The van der Waals surface area contributed by atoms with Gasteiger partial charge in [0.2, 0.25) is 0 Å². The summed E-state index contributed by atoms with van der Waals surface area (Å²) in [6.45, 7) is 0.908. The Bertz CT molecular complexity index is 638. The molecular weight excluding hydrogens is 412 g/mol. The Hall–Kier alpha value is -1.46. The molecule has 0 atom stereocenters. The number of unbranched alkanes of at least 4 members (excludes halogenated alkanes) is 6. The Labute approximate surface area is 192 Å². The monoisotopic (exact) mass is 448 g/mol. The van der Waals surface area contributed by atoms with E-state index in [1.165, 1.54) is 73.6 Å². The lowest BCUT2D eigenvalue weighted by molar-refractivity contribution is 0.653. The highest BCUT2D eigenvalue weighted by Crippen LogP contribution is 2.23. The lowest BCUT2D eigenvalue weighted by Gasteiger charge is -2.17. The molecule has 0 saturated heterocycles. The minimum atomic E-state index is 0.454. The predicted octanol–water partition coefficient (Wildman–Crippen LogP) is 7.46. The summed E-state index contributed by atoms with van der Waals surface area (Å²) < 4.78 is 0. The molecule has 0 amide bonds. The molecule has 1 aromatic carbocycles. The zero-order valence-corrected chi connectivity index (χ0v) is 19.8. The first-order chi connectivity index (χ1) is 14.8.